The summed E-state index contributed by atoms with van der Waals surface area (Å²) < 4.78 is 29.9. The number of amides is 1. The molecule has 0 fully saturated rings. The summed E-state index contributed by atoms with van der Waals surface area (Å²) in [5.41, 5.74) is 3.56. The molecule has 0 saturated carbocycles. The summed E-state index contributed by atoms with van der Waals surface area (Å²) in [6, 6.07) is 12.9. The Hall–Kier alpha value is -2.38. The third-order valence-corrected chi connectivity index (χ3v) is 4.69. The average molecular weight is 362 g/mol. The zero-order chi connectivity index (χ0) is 18.4. The van der Waals surface area contributed by atoms with Crippen molar-refractivity contribution in [2.45, 2.75) is 38.2 Å². The third-order valence-electron chi connectivity index (χ3n) is 3.43. The zero-order valence-electron chi connectivity index (χ0n) is 14.4. The second-order valence-electron chi connectivity index (χ2n) is 5.75. The number of hydrazine groups is 1. The molecule has 0 radical (unpaired) electrons. The maximum atomic E-state index is 12.2. The van der Waals surface area contributed by atoms with Crippen LogP contribution in [0.4, 0.5) is 0 Å². The van der Waals surface area contributed by atoms with E-state index < -0.39 is 15.9 Å². The van der Waals surface area contributed by atoms with Crippen LogP contribution in [-0.4, -0.2) is 20.4 Å². The average Bonchev–Trinajstić information content (AvgIpc) is 2.60. The first kappa shape index (κ1) is 19.0. The van der Waals surface area contributed by atoms with Crippen LogP contribution in [0.2, 0.25) is 0 Å². The maximum absolute atomic E-state index is 12.2. The van der Waals surface area contributed by atoms with Crippen LogP contribution in [0, 0.1) is 0 Å². The van der Waals surface area contributed by atoms with Crippen LogP contribution in [0.15, 0.2) is 53.4 Å². The summed E-state index contributed by atoms with van der Waals surface area (Å²) in [7, 11) is -3.82. The minimum Gasteiger partial charge on any atom is -0.491 e. The lowest BCUT2D eigenvalue weighted by Gasteiger charge is -2.11. The number of hydrogen-bond acceptors (Lipinski definition) is 4. The fraction of sp³-hybridized carbons (Fsp3) is 0.278. The molecule has 2 aromatic rings. The van der Waals surface area contributed by atoms with Gasteiger partial charge in [-0.05, 0) is 62.2 Å². The van der Waals surface area contributed by atoms with Gasteiger partial charge in [0.1, 0.15) is 5.75 Å². The quantitative estimate of drug-likeness (QED) is 0.742. The molecule has 134 valence electrons. The van der Waals surface area contributed by atoms with Crippen LogP contribution in [0.3, 0.4) is 0 Å². The van der Waals surface area contributed by atoms with E-state index in [1.54, 1.807) is 36.4 Å². The Labute approximate surface area is 148 Å². The van der Waals surface area contributed by atoms with Crippen molar-refractivity contribution in [3.05, 3.63) is 59.7 Å². The Bertz CT molecular complexity index is 813. The van der Waals surface area contributed by atoms with E-state index in [1.165, 1.54) is 12.1 Å². The molecule has 0 unspecified atom stereocenters. The van der Waals surface area contributed by atoms with Gasteiger partial charge in [0.05, 0.1) is 11.0 Å². The molecule has 0 saturated heterocycles. The Morgan fingerprint density at radius 3 is 2.16 bits per heavy atom. The number of rotatable bonds is 7. The first-order valence-corrected chi connectivity index (χ1v) is 9.48. The molecule has 2 rings (SSSR count). The van der Waals surface area contributed by atoms with Gasteiger partial charge in [-0.1, -0.05) is 19.1 Å². The largest absolute Gasteiger partial charge is 0.491 e. The molecule has 0 aliphatic carbocycles. The summed E-state index contributed by atoms with van der Waals surface area (Å²) in [5.74, 6) is 0.0907. The first-order chi connectivity index (χ1) is 11.8. The van der Waals surface area contributed by atoms with Crippen molar-refractivity contribution in [2.24, 2.45) is 0 Å². The lowest BCUT2D eigenvalue weighted by atomic mass is 10.2. The van der Waals surface area contributed by atoms with Gasteiger partial charge in [0.25, 0.3) is 15.9 Å². The summed E-state index contributed by atoms with van der Waals surface area (Å²) in [5, 5.41) is 0. The molecule has 0 atom stereocenters. The van der Waals surface area contributed by atoms with Crippen LogP contribution < -0.4 is 15.0 Å². The fourth-order valence-electron chi connectivity index (χ4n) is 2.11. The minimum atomic E-state index is -3.82. The van der Waals surface area contributed by atoms with E-state index >= 15 is 0 Å². The van der Waals surface area contributed by atoms with Crippen molar-refractivity contribution in [1.29, 1.82) is 0 Å². The zero-order valence-corrected chi connectivity index (χ0v) is 15.3. The van der Waals surface area contributed by atoms with E-state index in [0.29, 0.717) is 11.3 Å². The van der Waals surface area contributed by atoms with Crippen molar-refractivity contribution in [3.63, 3.8) is 0 Å². The van der Waals surface area contributed by atoms with Gasteiger partial charge in [-0.15, -0.1) is 4.83 Å². The number of hydrogen-bond donors (Lipinski definition) is 2. The number of sulfonamides is 1. The molecule has 0 heterocycles. The van der Waals surface area contributed by atoms with Gasteiger partial charge in [0.2, 0.25) is 0 Å². The highest BCUT2D eigenvalue weighted by molar-refractivity contribution is 7.89. The van der Waals surface area contributed by atoms with Gasteiger partial charge < -0.3 is 4.74 Å². The Morgan fingerprint density at radius 1 is 1.04 bits per heavy atom. The minimum absolute atomic E-state index is 0.0329. The van der Waals surface area contributed by atoms with Crippen molar-refractivity contribution in [1.82, 2.24) is 10.3 Å². The fourth-order valence-corrected chi connectivity index (χ4v) is 2.95. The molecular weight excluding hydrogens is 340 g/mol. The predicted molar refractivity (Wildman–Crippen MR) is 95.8 cm³/mol. The van der Waals surface area contributed by atoms with Crippen molar-refractivity contribution >= 4 is 15.9 Å². The van der Waals surface area contributed by atoms with E-state index in [-0.39, 0.29) is 11.0 Å². The van der Waals surface area contributed by atoms with E-state index in [4.69, 9.17) is 4.74 Å². The highest BCUT2D eigenvalue weighted by Crippen LogP contribution is 2.14. The Morgan fingerprint density at radius 2 is 1.64 bits per heavy atom. The van der Waals surface area contributed by atoms with E-state index in [9.17, 15) is 13.2 Å². The second-order valence-corrected chi connectivity index (χ2v) is 7.43. The number of carbonyl (C=O) groups excluding carboxylic acids is 1. The Kier molecular flexibility index (Phi) is 6.17. The molecule has 2 aromatic carbocycles. The molecule has 7 heteroatoms. The second kappa shape index (κ2) is 8.13. The van der Waals surface area contributed by atoms with Crippen LogP contribution in [0.1, 0.15) is 36.7 Å². The van der Waals surface area contributed by atoms with Gasteiger partial charge in [-0.2, -0.15) is 0 Å². The SMILES string of the molecule is CCc1ccc(S(=O)(=O)NNC(=O)c2ccc(OC(C)C)cc2)cc1. The maximum Gasteiger partial charge on any atom is 0.266 e. The monoisotopic (exact) mass is 362 g/mol. The molecule has 1 amide bonds. The smallest absolute Gasteiger partial charge is 0.266 e. The summed E-state index contributed by atoms with van der Waals surface area (Å²) in [6.45, 7) is 5.80. The van der Waals surface area contributed by atoms with Gasteiger partial charge in [0, 0.05) is 5.56 Å². The normalized spacial score (nSPS) is 11.4. The van der Waals surface area contributed by atoms with E-state index in [0.717, 1.165) is 12.0 Å². The lowest BCUT2D eigenvalue weighted by Crippen LogP contribution is -2.41. The van der Waals surface area contributed by atoms with Gasteiger partial charge >= 0.3 is 0 Å². The molecule has 6 nitrogen and oxygen atoms in total. The molecular formula is C18H22N2O4S. The molecule has 0 bridgehead atoms. The number of carbonyl (C=O) groups is 1. The highest BCUT2D eigenvalue weighted by atomic mass is 32.2. The van der Waals surface area contributed by atoms with Crippen LogP contribution in [0.5, 0.6) is 5.75 Å². The highest BCUT2D eigenvalue weighted by Gasteiger charge is 2.15. The summed E-state index contributed by atoms with van der Waals surface area (Å²) in [4.78, 5) is 14.3. The van der Waals surface area contributed by atoms with Crippen molar-refractivity contribution in [2.75, 3.05) is 0 Å². The van der Waals surface area contributed by atoms with Crippen LogP contribution in [-0.2, 0) is 16.4 Å². The number of nitrogens with one attached hydrogen (secondary N) is 2. The molecule has 25 heavy (non-hydrogen) atoms. The topological polar surface area (TPSA) is 84.5 Å². The predicted octanol–water partition coefficient (Wildman–Crippen LogP) is 2.66. The summed E-state index contributed by atoms with van der Waals surface area (Å²) >= 11 is 0. The first-order valence-electron chi connectivity index (χ1n) is 7.99. The van der Waals surface area contributed by atoms with Gasteiger partial charge in [-0.3, -0.25) is 10.2 Å². The standard InChI is InChI=1S/C18H22N2O4S/c1-4-14-5-11-17(12-6-14)25(22,23)20-19-18(21)15-7-9-16(10-8-15)24-13(2)3/h5-13,20H,4H2,1-3H3,(H,19,21). The van der Waals surface area contributed by atoms with Crippen LogP contribution >= 0.6 is 0 Å². The third kappa shape index (κ3) is 5.30. The van der Waals surface area contributed by atoms with Gasteiger partial charge in [-0.25, -0.2) is 8.42 Å². The van der Waals surface area contributed by atoms with Gasteiger partial charge in [0.15, 0.2) is 0 Å². The van der Waals surface area contributed by atoms with Crippen molar-refractivity contribution in [3.8, 4) is 5.75 Å². The van der Waals surface area contributed by atoms with Crippen molar-refractivity contribution < 1.29 is 17.9 Å². The number of ether oxygens (including phenoxy) is 1. The van der Waals surface area contributed by atoms with E-state index in [2.05, 4.69) is 10.3 Å². The molecule has 0 spiro atoms. The Balaban J connectivity index is 2.00. The molecule has 0 aromatic heterocycles. The molecule has 0 aliphatic rings. The number of benzene rings is 2. The van der Waals surface area contributed by atoms with E-state index in [1.807, 2.05) is 20.8 Å². The van der Waals surface area contributed by atoms with Crippen LogP contribution in [0.25, 0.3) is 0 Å². The summed E-state index contributed by atoms with van der Waals surface area (Å²) in [6.07, 6.45) is 0.853. The molecule has 2 N–H and O–H groups in total. The number of aryl methyl sites for hydroxylation is 1. The lowest BCUT2D eigenvalue weighted by molar-refractivity contribution is 0.0945. The molecule has 0 aliphatic heterocycles.